The lowest BCUT2D eigenvalue weighted by molar-refractivity contribution is -0.133. The molecule has 142 valence electrons. The molecule has 2 atom stereocenters. The molecule has 1 aromatic rings. The van der Waals surface area contributed by atoms with Crippen LogP contribution in [0.1, 0.15) is 32.4 Å². The van der Waals surface area contributed by atoms with Gasteiger partial charge in [0.25, 0.3) is 0 Å². The normalized spacial score (nSPS) is 26.0. The number of aromatic nitrogens is 2. The van der Waals surface area contributed by atoms with Crippen LogP contribution in [0, 0.1) is 28.6 Å². The third-order valence-corrected chi connectivity index (χ3v) is 5.91. The predicted octanol–water partition coefficient (Wildman–Crippen LogP) is 1.31. The van der Waals surface area contributed by atoms with Gasteiger partial charge in [-0.15, -0.1) is 0 Å². The summed E-state index contributed by atoms with van der Waals surface area (Å²) in [6, 6.07) is 2.35. The molecule has 0 saturated carbocycles. The zero-order valence-corrected chi connectivity index (χ0v) is 15.9. The fraction of sp³-hybridized carbons (Fsp3) is 0.737. The average molecular weight is 359 g/mol. The summed E-state index contributed by atoms with van der Waals surface area (Å²) in [5.74, 6) is 0.716. The zero-order valence-electron chi connectivity index (χ0n) is 15.9. The van der Waals surface area contributed by atoms with Crippen LogP contribution in [-0.4, -0.2) is 52.7 Å². The van der Waals surface area contributed by atoms with Crippen LogP contribution < -0.4 is 5.32 Å². The number of amides is 1. The molecule has 0 aliphatic carbocycles. The molecule has 2 fully saturated rings. The first-order valence-corrected chi connectivity index (χ1v) is 9.43. The number of hydrogen-bond donors (Lipinski definition) is 1. The molecule has 7 heteroatoms. The summed E-state index contributed by atoms with van der Waals surface area (Å²) in [5.41, 5.74) is 0.229. The van der Waals surface area contributed by atoms with Crippen LogP contribution in [0.15, 0.2) is 12.5 Å². The molecule has 0 unspecified atom stereocenters. The van der Waals surface area contributed by atoms with Gasteiger partial charge in [0.2, 0.25) is 5.91 Å². The molecule has 1 amide bonds. The number of nitriles is 1. The number of nitrogens with one attached hydrogen (secondary N) is 1. The van der Waals surface area contributed by atoms with Crippen molar-refractivity contribution in [2.24, 2.45) is 24.3 Å². The van der Waals surface area contributed by atoms with E-state index in [1.54, 1.807) is 0 Å². The predicted molar refractivity (Wildman–Crippen MR) is 96.8 cm³/mol. The van der Waals surface area contributed by atoms with Crippen LogP contribution in [0.4, 0.5) is 0 Å². The van der Waals surface area contributed by atoms with Crippen molar-refractivity contribution >= 4 is 5.91 Å². The molecular weight excluding hydrogens is 330 g/mol. The van der Waals surface area contributed by atoms with E-state index in [1.807, 2.05) is 24.1 Å². The summed E-state index contributed by atoms with van der Waals surface area (Å²) in [7, 11) is 2.00. The number of carbonyl (C=O) groups excluding carboxylic acids is 1. The molecule has 1 aromatic heterocycles. The number of carbonyl (C=O) groups is 1. The Hall–Kier alpha value is -1.91. The largest absolute Gasteiger partial charge is 0.381 e. The van der Waals surface area contributed by atoms with Gasteiger partial charge in [0.15, 0.2) is 0 Å². The highest BCUT2D eigenvalue weighted by Crippen LogP contribution is 2.32. The zero-order chi connectivity index (χ0) is 18.7. The topological polar surface area (TPSA) is 83.2 Å². The SMILES string of the molecule is CC(C)[C@H]1CN(Cc2cncn2C)C[C@@H]1NC(=O)C1(C#N)CCOCC1. The maximum absolute atomic E-state index is 12.9. The van der Waals surface area contributed by atoms with Crippen molar-refractivity contribution in [1.29, 1.82) is 5.26 Å². The number of ether oxygens (including phenoxy) is 1. The second-order valence-electron chi connectivity index (χ2n) is 7.98. The van der Waals surface area contributed by atoms with Gasteiger partial charge in [-0.2, -0.15) is 5.26 Å². The van der Waals surface area contributed by atoms with Crippen LogP contribution >= 0.6 is 0 Å². The molecule has 0 spiro atoms. The van der Waals surface area contributed by atoms with E-state index in [0.29, 0.717) is 37.9 Å². The van der Waals surface area contributed by atoms with Crippen molar-refractivity contribution in [3.8, 4) is 6.07 Å². The second-order valence-corrected chi connectivity index (χ2v) is 7.98. The van der Waals surface area contributed by atoms with Gasteiger partial charge < -0.3 is 14.6 Å². The van der Waals surface area contributed by atoms with Crippen molar-refractivity contribution in [2.75, 3.05) is 26.3 Å². The summed E-state index contributed by atoms with van der Waals surface area (Å²) < 4.78 is 7.38. The highest BCUT2D eigenvalue weighted by Gasteiger charge is 2.44. The van der Waals surface area contributed by atoms with E-state index >= 15 is 0 Å². The minimum Gasteiger partial charge on any atom is -0.381 e. The van der Waals surface area contributed by atoms with Crippen molar-refractivity contribution < 1.29 is 9.53 Å². The summed E-state index contributed by atoms with van der Waals surface area (Å²) in [6.45, 7) is 7.92. The summed E-state index contributed by atoms with van der Waals surface area (Å²) in [6.07, 6.45) is 4.66. The summed E-state index contributed by atoms with van der Waals surface area (Å²) in [4.78, 5) is 19.5. The standard InChI is InChI=1S/C19H29N5O2/c1-14(2)16-10-24(9-15-8-21-13-23(15)3)11-17(16)22-18(25)19(12-20)4-6-26-7-5-19/h8,13-14,16-17H,4-7,9-11H2,1-3H3,(H,22,25)/t16-,17+/m1/s1. The van der Waals surface area contributed by atoms with Gasteiger partial charge in [-0.3, -0.25) is 9.69 Å². The van der Waals surface area contributed by atoms with E-state index < -0.39 is 5.41 Å². The Morgan fingerprint density at radius 2 is 2.19 bits per heavy atom. The number of nitrogens with zero attached hydrogens (tertiary/aromatic N) is 4. The molecule has 0 bridgehead atoms. The molecule has 2 saturated heterocycles. The van der Waals surface area contributed by atoms with E-state index in [0.717, 1.165) is 25.3 Å². The van der Waals surface area contributed by atoms with Crippen LogP contribution in [0.5, 0.6) is 0 Å². The highest BCUT2D eigenvalue weighted by molar-refractivity contribution is 5.85. The molecule has 2 aliphatic heterocycles. The van der Waals surface area contributed by atoms with Crippen LogP contribution in [0.25, 0.3) is 0 Å². The third-order valence-electron chi connectivity index (χ3n) is 5.91. The van der Waals surface area contributed by atoms with Gasteiger partial charge in [0.05, 0.1) is 18.1 Å². The fourth-order valence-electron chi connectivity index (χ4n) is 4.05. The third kappa shape index (κ3) is 3.76. The van der Waals surface area contributed by atoms with E-state index in [9.17, 15) is 10.1 Å². The minimum absolute atomic E-state index is 0.0730. The number of hydrogen-bond acceptors (Lipinski definition) is 5. The Bertz CT molecular complexity index is 672. The molecule has 0 radical (unpaired) electrons. The Morgan fingerprint density at radius 1 is 1.46 bits per heavy atom. The lowest BCUT2D eigenvalue weighted by Crippen LogP contribution is -2.50. The van der Waals surface area contributed by atoms with Crippen molar-refractivity contribution in [2.45, 2.75) is 39.3 Å². The highest BCUT2D eigenvalue weighted by atomic mass is 16.5. The average Bonchev–Trinajstić information content (AvgIpc) is 3.22. The van der Waals surface area contributed by atoms with E-state index in [2.05, 4.69) is 35.1 Å². The van der Waals surface area contributed by atoms with Gasteiger partial charge in [-0.25, -0.2) is 4.98 Å². The van der Waals surface area contributed by atoms with Crippen LogP contribution in [0.2, 0.25) is 0 Å². The van der Waals surface area contributed by atoms with Gasteiger partial charge >= 0.3 is 0 Å². The smallest absolute Gasteiger partial charge is 0.240 e. The summed E-state index contributed by atoms with van der Waals surface area (Å²) in [5, 5.41) is 12.8. The summed E-state index contributed by atoms with van der Waals surface area (Å²) >= 11 is 0. The van der Waals surface area contributed by atoms with Crippen LogP contribution in [-0.2, 0) is 23.1 Å². The van der Waals surface area contributed by atoms with E-state index in [-0.39, 0.29) is 11.9 Å². The molecule has 3 rings (SSSR count). The Morgan fingerprint density at radius 3 is 2.77 bits per heavy atom. The molecule has 1 N–H and O–H groups in total. The van der Waals surface area contributed by atoms with Gasteiger partial charge in [0.1, 0.15) is 5.41 Å². The van der Waals surface area contributed by atoms with Gasteiger partial charge in [-0.1, -0.05) is 13.8 Å². The number of imidazole rings is 1. The first kappa shape index (κ1) is 18.9. The lowest BCUT2D eigenvalue weighted by atomic mass is 9.80. The molecule has 26 heavy (non-hydrogen) atoms. The van der Waals surface area contributed by atoms with E-state index in [1.165, 1.54) is 0 Å². The lowest BCUT2D eigenvalue weighted by Gasteiger charge is -2.32. The number of rotatable bonds is 5. The Kier molecular flexibility index (Phi) is 5.64. The molecular formula is C19H29N5O2. The first-order chi connectivity index (χ1) is 12.4. The Balaban J connectivity index is 1.68. The number of likely N-dealkylation sites (tertiary alicyclic amines) is 1. The van der Waals surface area contributed by atoms with Crippen LogP contribution in [0.3, 0.4) is 0 Å². The molecule has 7 nitrogen and oxygen atoms in total. The van der Waals surface area contributed by atoms with Crippen molar-refractivity contribution in [3.05, 3.63) is 18.2 Å². The molecule has 3 heterocycles. The van der Waals surface area contributed by atoms with E-state index in [4.69, 9.17) is 4.74 Å². The van der Waals surface area contributed by atoms with Gasteiger partial charge in [0, 0.05) is 52.1 Å². The molecule has 2 aliphatic rings. The quantitative estimate of drug-likeness (QED) is 0.857. The minimum atomic E-state index is -0.935. The van der Waals surface area contributed by atoms with Gasteiger partial charge in [-0.05, 0) is 24.7 Å². The second kappa shape index (κ2) is 7.77. The maximum Gasteiger partial charge on any atom is 0.240 e. The van der Waals surface area contributed by atoms with Crippen molar-refractivity contribution in [1.82, 2.24) is 19.8 Å². The van der Waals surface area contributed by atoms with Crippen molar-refractivity contribution in [3.63, 3.8) is 0 Å². The fourth-order valence-corrected chi connectivity index (χ4v) is 4.05. The monoisotopic (exact) mass is 359 g/mol. The Labute approximate surface area is 155 Å². The maximum atomic E-state index is 12.9. The molecule has 0 aromatic carbocycles. The number of aryl methyl sites for hydroxylation is 1. The first-order valence-electron chi connectivity index (χ1n) is 9.43.